The molecule has 1 amide bonds. The Bertz CT molecular complexity index is 987. The Hall–Kier alpha value is -2.98. The molecule has 0 saturated carbocycles. The standard InChI is InChI=1S/C16H16F3N7O/c17-16(18,19)6-11(27)23-9-2-1-5-26(7-9)15-12-10-3-4-20-13(10)24-25-14(12)21-8-22-15/h3-4,8-9H,1-2,5-7H2,(H,23,27)(H,21,22,25). The van der Waals surface area contributed by atoms with E-state index in [9.17, 15) is 18.0 Å². The molecule has 1 saturated heterocycles. The fourth-order valence-electron chi connectivity index (χ4n) is 3.41. The average Bonchev–Trinajstić information content (AvgIpc) is 3.08. The fraction of sp³-hybridized carbons (Fsp3) is 0.438. The van der Waals surface area contributed by atoms with Gasteiger partial charge in [-0.25, -0.2) is 9.97 Å². The zero-order valence-corrected chi connectivity index (χ0v) is 14.1. The highest BCUT2D eigenvalue weighted by Crippen LogP contribution is 2.30. The third kappa shape index (κ3) is 3.62. The highest BCUT2D eigenvalue weighted by Gasteiger charge is 2.33. The second-order valence-electron chi connectivity index (χ2n) is 6.48. The van der Waals surface area contributed by atoms with Gasteiger partial charge in [0.25, 0.3) is 0 Å². The van der Waals surface area contributed by atoms with Crippen molar-refractivity contribution in [1.29, 1.82) is 0 Å². The van der Waals surface area contributed by atoms with Crippen LogP contribution < -0.4 is 10.2 Å². The first-order valence-electron chi connectivity index (χ1n) is 8.46. The van der Waals surface area contributed by atoms with E-state index in [1.165, 1.54) is 6.33 Å². The third-order valence-electron chi connectivity index (χ3n) is 4.49. The Morgan fingerprint density at radius 2 is 2.19 bits per heavy atom. The summed E-state index contributed by atoms with van der Waals surface area (Å²) in [5.74, 6) is -0.367. The van der Waals surface area contributed by atoms with E-state index in [2.05, 4.69) is 30.5 Å². The number of hydrogen-bond donors (Lipinski definition) is 2. The summed E-state index contributed by atoms with van der Waals surface area (Å²) in [5.41, 5.74) is 1.04. The van der Waals surface area contributed by atoms with E-state index in [1.54, 1.807) is 6.20 Å². The highest BCUT2D eigenvalue weighted by molar-refractivity contribution is 6.07. The van der Waals surface area contributed by atoms with Gasteiger partial charge < -0.3 is 15.2 Å². The largest absolute Gasteiger partial charge is 0.397 e. The number of halogens is 3. The summed E-state index contributed by atoms with van der Waals surface area (Å²) in [6.07, 6.45) is -1.52. The van der Waals surface area contributed by atoms with Crippen molar-refractivity contribution in [3.63, 3.8) is 0 Å². The normalized spacial score (nSPS) is 18.2. The Balaban J connectivity index is 1.60. The lowest BCUT2D eigenvalue weighted by Gasteiger charge is -2.34. The van der Waals surface area contributed by atoms with Gasteiger partial charge in [-0.1, -0.05) is 0 Å². The van der Waals surface area contributed by atoms with Crippen LogP contribution in [0.3, 0.4) is 0 Å². The van der Waals surface area contributed by atoms with Crippen LogP contribution in [0.15, 0.2) is 18.6 Å². The molecule has 8 nitrogen and oxygen atoms in total. The zero-order chi connectivity index (χ0) is 19.0. The first kappa shape index (κ1) is 17.4. The van der Waals surface area contributed by atoms with Gasteiger partial charge in [0.05, 0.1) is 11.7 Å². The van der Waals surface area contributed by atoms with Crippen molar-refractivity contribution in [2.24, 2.45) is 0 Å². The van der Waals surface area contributed by atoms with Gasteiger partial charge >= 0.3 is 6.18 Å². The summed E-state index contributed by atoms with van der Waals surface area (Å²) in [5, 5.41) is 12.2. The number of anilines is 1. The van der Waals surface area contributed by atoms with Gasteiger partial charge in [-0.15, -0.1) is 10.2 Å². The smallest absolute Gasteiger partial charge is 0.354 e. The third-order valence-corrected chi connectivity index (χ3v) is 4.49. The van der Waals surface area contributed by atoms with E-state index in [0.29, 0.717) is 36.6 Å². The predicted molar refractivity (Wildman–Crippen MR) is 91.0 cm³/mol. The van der Waals surface area contributed by atoms with Crippen LogP contribution in [0.5, 0.6) is 0 Å². The number of hydrogen-bond acceptors (Lipinski definition) is 6. The van der Waals surface area contributed by atoms with E-state index >= 15 is 0 Å². The predicted octanol–water partition coefficient (Wildman–Crippen LogP) is 1.94. The number of fused-ring (bicyclic) bond motifs is 3. The maximum atomic E-state index is 12.4. The molecule has 1 unspecified atom stereocenters. The molecule has 3 aromatic rings. The van der Waals surface area contributed by atoms with Crippen LogP contribution in [-0.4, -0.2) is 56.4 Å². The molecule has 1 atom stereocenters. The molecule has 3 aromatic heterocycles. The number of H-pyrrole nitrogens is 1. The van der Waals surface area contributed by atoms with Gasteiger partial charge in [0.15, 0.2) is 11.3 Å². The van der Waals surface area contributed by atoms with Crippen LogP contribution in [0.4, 0.5) is 19.0 Å². The Kier molecular flexibility index (Phi) is 4.28. The molecule has 27 heavy (non-hydrogen) atoms. The summed E-state index contributed by atoms with van der Waals surface area (Å²) < 4.78 is 37.2. The molecule has 0 radical (unpaired) electrons. The van der Waals surface area contributed by atoms with Crippen LogP contribution >= 0.6 is 0 Å². The number of nitrogens with one attached hydrogen (secondary N) is 2. The lowest BCUT2D eigenvalue weighted by Crippen LogP contribution is -2.48. The van der Waals surface area contributed by atoms with Crippen LogP contribution in [0.1, 0.15) is 19.3 Å². The monoisotopic (exact) mass is 379 g/mol. The Labute approximate surface area is 151 Å². The summed E-state index contributed by atoms with van der Waals surface area (Å²) in [7, 11) is 0. The molecule has 4 rings (SSSR count). The average molecular weight is 379 g/mol. The second-order valence-corrected chi connectivity index (χ2v) is 6.48. The summed E-state index contributed by atoms with van der Waals surface area (Å²) >= 11 is 0. The van der Waals surface area contributed by atoms with Crippen molar-refractivity contribution in [2.45, 2.75) is 31.5 Å². The van der Waals surface area contributed by atoms with Gasteiger partial charge in [0.2, 0.25) is 5.91 Å². The minimum Gasteiger partial charge on any atom is -0.354 e. The van der Waals surface area contributed by atoms with Crippen LogP contribution in [0, 0.1) is 0 Å². The number of rotatable bonds is 3. The van der Waals surface area contributed by atoms with E-state index < -0.39 is 18.5 Å². The van der Waals surface area contributed by atoms with Crippen molar-refractivity contribution < 1.29 is 18.0 Å². The van der Waals surface area contributed by atoms with Crippen molar-refractivity contribution in [3.8, 4) is 0 Å². The molecule has 4 heterocycles. The summed E-state index contributed by atoms with van der Waals surface area (Å²) in [6, 6.07) is 1.44. The second kappa shape index (κ2) is 6.63. The lowest BCUT2D eigenvalue weighted by molar-refractivity contribution is -0.154. The number of amides is 1. The molecular weight excluding hydrogens is 363 g/mol. The summed E-state index contributed by atoms with van der Waals surface area (Å²) in [6.45, 7) is 1.05. The number of nitrogens with zero attached hydrogens (tertiary/aromatic N) is 5. The fourth-order valence-corrected chi connectivity index (χ4v) is 3.41. The highest BCUT2D eigenvalue weighted by atomic mass is 19.4. The first-order chi connectivity index (χ1) is 12.9. The van der Waals surface area contributed by atoms with Gasteiger partial charge in [0, 0.05) is 30.7 Å². The lowest BCUT2D eigenvalue weighted by atomic mass is 10.0. The Morgan fingerprint density at radius 3 is 3.00 bits per heavy atom. The number of piperidine rings is 1. The number of carbonyl (C=O) groups is 1. The van der Waals surface area contributed by atoms with Crippen molar-refractivity contribution in [2.75, 3.05) is 18.0 Å². The van der Waals surface area contributed by atoms with E-state index in [0.717, 1.165) is 17.2 Å². The van der Waals surface area contributed by atoms with Crippen LogP contribution in [0.2, 0.25) is 0 Å². The van der Waals surface area contributed by atoms with Gasteiger partial charge in [0.1, 0.15) is 12.2 Å². The molecular formula is C16H16F3N7O. The molecule has 142 valence electrons. The van der Waals surface area contributed by atoms with Gasteiger partial charge in [-0.2, -0.15) is 13.2 Å². The molecule has 1 aliphatic heterocycles. The minimum atomic E-state index is -4.51. The molecule has 1 fully saturated rings. The molecule has 0 spiro atoms. The van der Waals surface area contributed by atoms with Crippen molar-refractivity contribution >= 4 is 33.8 Å². The van der Waals surface area contributed by atoms with Gasteiger partial charge in [-0.05, 0) is 18.9 Å². The minimum absolute atomic E-state index is 0.369. The maximum Gasteiger partial charge on any atom is 0.397 e. The van der Waals surface area contributed by atoms with E-state index in [1.807, 2.05) is 11.0 Å². The number of carbonyl (C=O) groups excluding carboxylic acids is 1. The first-order valence-corrected chi connectivity index (χ1v) is 8.46. The SMILES string of the molecule is O=C(CC(F)(F)F)NC1CCCN(c2nc[nH]c3nnc4nccc4c23)C1. The molecule has 11 heteroatoms. The van der Waals surface area contributed by atoms with Crippen LogP contribution in [-0.2, 0) is 4.79 Å². The molecule has 2 N–H and O–H groups in total. The zero-order valence-electron chi connectivity index (χ0n) is 14.1. The quantitative estimate of drug-likeness (QED) is 0.722. The van der Waals surface area contributed by atoms with E-state index in [4.69, 9.17) is 0 Å². The molecule has 1 aliphatic rings. The van der Waals surface area contributed by atoms with Crippen molar-refractivity contribution in [1.82, 2.24) is 30.5 Å². The summed E-state index contributed by atoms with van der Waals surface area (Å²) in [4.78, 5) is 25.1. The molecule has 0 aliphatic carbocycles. The van der Waals surface area contributed by atoms with Crippen LogP contribution in [0.25, 0.3) is 22.1 Å². The maximum absolute atomic E-state index is 12.4. The van der Waals surface area contributed by atoms with Crippen molar-refractivity contribution in [3.05, 3.63) is 18.6 Å². The van der Waals surface area contributed by atoms with E-state index in [-0.39, 0.29) is 6.04 Å². The topological polar surface area (TPSA) is 99.7 Å². The number of aromatic nitrogens is 5. The Morgan fingerprint density at radius 1 is 1.33 bits per heavy atom. The molecule has 0 bridgehead atoms. The molecule has 0 aromatic carbocycles. The number of aromatic amines is 1. The number of alkyl halides is 3. The van der Waals surface area contributed by atoms with Gasteiger partial charge in [-0.3, -0.25) is 4.79 Å².